The molecular formula is C16H18N2O5S. The Morgan fingerprint density at radius 1 is 1.12 bits per heavy atom. The lowest BCUT2D eigenvalue weighted by Gasteiger charge is -2.23. The van der Waals surface area contributed by atoms with Crippen molar-refractivity contribution in [3.8, 4) is 0 Å². The maximum Gasteiger partial charge on any atom is 0.307 e. The van der Waals surface area contributed by atoms with Gasteiger partial charge in [0.05, 0.1) is 16.7 Å². The molecule has 2 aliphatic rings. The molecule has 1 fully saturated rings. The van der Waals surface area contributed by atoms with Gasteiger partial charge in [-0.2, -0.15) is 0 Å². The number of allylic oxidation sites excluding steroid dienone is 2. The molecule has 0 radical (unpaired) electrons. The number of carboxylic acid groups (broad SMARTS) is 1. The minimum absolute atomic E-state index is 0.00163. The molecule has 4 atom stereocenters. The minimum atomic E-state index is -3.75. The molecule has 0 heterocycles. The van der Waals surface area contributed by atoms with Crippen molar-refractivity contribution in [2.75, 3.05) is 0 Å². The predicted molar refractivity (Wildman–Crippen MR) is 85.0 cm³/mol. The molecule has 2 bridgehead atoms. The molecule has 0 aromatic heterocycles. The fourth-order valence-corrected chi connectivity index (χ4v) is 4.14. The lowest BCUT2D eigenvalue weighted by molar-refractivity contribution is -0.147. The highest BCUT2D eigenvalue weighted by molar-refractivity contribution is 7.89. The second-order valence-electron chi connectivity index (χ2n) is 6.24. The molecule has 1 amide bonds. The van der Waals surface area contributed by atoms with Crippen molar-refractivity contribution in [2.45, 2.75) is 17.9 Å². The van der Waals surface area contributed by atoms with Crippen molar-refractivity contribution in [1.82, 2.24) is 5.32 Å². The summed E-state index contributed by atoms with van der Waals surface area (Å²) in [5, 5.41) is 17.1. The number of sulfonamides is 1. The third kappa shape index (κ3) is 3.07. The summed E-state index contributed by atoms with van der Waals surface area (Å²) in [7, 11) is -3.75. The van der Waals surface area contributed by atoms with Gasteiger partial charge < -0.3 is 10.4 Å². The summed E-state index contributed by atoms with van der Waals surface area (Å²) >= 11 is 0. The smallest absolute Gasteiger partial charge is 0.307 e. The first kappa shape index (κ1) is 16.7. The van der Waals surface area contributed by atoms with Gasteiger partial charge in [0.15, 0.2) is 0 Å². The largest absolute Gasteiger partial charge is 0.481 e. The molecule has 0 saturated heterocycles. The molecule has 8 heteroatoms. The Bertz CT molecular complexity index is 800. The van der Waals surface area contributed by atoms with E-state index >= 15 is 0 Å². The number of rotatable bonds is 5. The zero-order valence-corrected chi connectivity index (χ0v) is 13.6. The molecule has 4 N–H and O–H groups in total. The number of fused-ring (bicyclic) bond motifs is 2. The van der Waals surface area contributed by atoms with Crippen LogP contribution in [0.4, 0.5) is 0 Å². The van der Waals surface area contributed by atoms with Crippen LogP contribution < -0.4 is 10.5 Å². The first-order valence-electron chi connectivity index (χ1n) is 7.58. The molecule has 1 aromatic rings. The molecule has 2 aliphatic carbocycles. The number of primary sulfonamides is 1. The maximum absolute atomic E-state index is 12.4. The minimum Gasteiger partial charge on any atom is -0.481 e. The van der Waals surface area contributed by atoms with Crippen molar-refractivity contribution < 1.29 is 23.1 Å². The molecule has 0 aliphatic heterocycles. The van der Waals surface area contributed by atoms with Gasteiger partial charge in [-0.1, -0.05) is 24.3 Å². The van der Waals surface area contributed by atoms with Gasteiger partial charge in [0.2, 0.25) is 15.9 Å². The number of carboxylic acids is 1. The van der Waals surface area contributed by atoms with Crippen LogP contribution in [0.5, 0.6) is 0 Å². The van der Waals surface area contributed by atoms with Gasteiger partial charge in [-0.3, -0.25) is 9.59 Å². The fraction of sp³-hybridized carbons (Fsp3) is 0.375. The third-order valence-electron chi connectivity index (χ3n) is 4.77. The molecule has 0 unspecified atom stereocenters. The first-order valence-corrected chi connectivity index (χ1v) is 9.12. The highest BCUT2D eigenvalue weighted by Crippen LogP contribution is 2.48. The predicted octanol–water partition coefficient (Wildman–Crippen LogP) is 0.473. The summed E-state index contributed by atoms with van der Waals surface area (Å²) in [6.45, 7) is 0.202. The van der Waals surface area contributed by atoms with E-state index in [0.29, 0.717) is 12.0 Å². The topological polar surface area (TPSA) is 127 Å². The number of amides is 1. The van der Waals surface area contributed by atoms with E-state index in [0.717, 1.165) is 0 Å². The van der Waals surface area contributed by atoms with Gasteiger partial charge in [0.25, 0.3) is 0 Å². The first-order chi connectivity index (χ1) is 11.3. The molecule has 1 saturated carbocycles. The van der Waals surface area contributed by atoms with Crippen molar-refractivity contribution in [3.63, 3.8) is 0 Å². The third-order valence-corrected chi connectivity index (χ3v) is 5.70. The van der Waals surface area contributed by atoms with Crippen LogP contribution in [0.25, 0.3) is 0 Å². The Morgan fingerprint density at radius 2 is 1.71 bits per heavy atom. The second-order valence-corrected chi connectivity index (χ2v) is 7.81. The lowest BCUT2D eigenvalue weighted by atomic mass is 9.82. The Labute approximate surface area is 139 Å². The van der Waals surface area contributed by atoms with Crippen molar-refractivity contribution in [2.24, 2.45) is 28.8 Å². The average molecular weight is 350 g/mol. The summed E-state index contributed by atoms with van der Waals surface area (Å²) in [5.41, 5.74) is 0.710. The maximum atomic E-state index is 12.4. The van der Waals surface area contributed by atoms with Gasteiger partial charge in [0, 0.05) is 6.54 Å². The number of hydrogen-bond donors (Lipinski definition) is 3. The number of hydrogen-bond acceptors (Lipinski definition) is 4. The molecule has 0 spiro atoms. The summed E-state index contributed by atoms with van der Waals surface area (Å²) in [6.07, 6.45) is 4.52. The molecule has 3 rings (SSSR count). The number of nitrogens with two attached hydrogens (primary N) is 1. The fourth-order valence-electron chi connectivity index (χ4n) is 3.62. The second kappa shape index (κ2) is 6.03. The molecule has 1 aromatic carbocycles. The van der Waals surface area contributed by atoms with Gasteiger partial charge in [0.1, 0.15) is 0 Å². The highest BCUT2D eigenvalue weighted by Gasteiger charge is 2.51. The summed E-state index contributed by atoms with van der Waals surface area (Å²) in [5.74, 6) is -2.55. The van der Waals surface area contributed by atoms with E-state index in [2.05, 4.69) is 5.32 Å². The standard InChI is InChI=1S/C16H18N2O5S/c17-24(22,23)12-5-1-9(2-6-12)8-18-15(19)13-10-3-4-11(7-10)14(13)16(20)21/h1-6,10-11,13-14H,7-8H2,(H,18,19)(H,20,21)(H2,17,22,23)/t10-,11+,13-,14+/m1/s1. The van der Waals surface area contributed by atoms with Gasteiger partial charge in [-0.25, -0.2) is 13.6 Å². The van der Waals surface area contributed by atoms with Crippen LogP contribution in [0.15, 0.2) is 41.3 Å². The molecular weight excluding hydrogens is 332 g/mol. The highest BCUT2D eigenvalue weighted by atomic mass is 32.2. The van der Waals surface area contributed by atoms with E-state index in [1.165, 1.54) is 12.1 Å². The number of nitrogens with one attached hydrogen (secondary N) is 1. The SMILES string of the molecule is NS(=O)(=O)c1ccc(CNC(=O)[C@H]2[C@@H](C(=O)O)[C@H]3C=C[C@@H]2C3)cc1. The lowest BCUT2D eigenvalue weighted by Crippen LogP contribution is -2.39. The van der Waals surface area contributed by atoms with Crippen molar-refractivity contribution >= 4 is 21.9 Å². The van der Waals surface area contributed by atoms with E-state index in [4.69, 9.17) is 5.14 Å². The van der Waals surface area contributed by atoms with Crippen LogP contribution in [0.1, 0.15) is 12.0 Å². The quantitative estimate of drug-likeness (QED) is 0.666. The number of carbonyl (C=O) groups excluding carboxylic acids is 1. The van der Waals surface area contributed by atoms with Gasteiger partial charge >= 0.3 is 5.97 Å². The van der Waals surface area contributed by atoms with Crippen molar-refractivity contribution in [3.05, 3.63) is 42.0 Å². The van der Waals surface area contributed by atoms with E-state index in [-0.39, 0.29) is 29.2 Å². The van der Waals surface area contributed by atoms with E-state index in [9.17, 15) is 23.1 Å². The zero-order valence-electron chi connectivity index (χ0n) is 12.8. The number of carbonyl (C=O) groups is 2. The van der Waals surface area contributed by atoms with Crippen LogP contribution in [-0.2, 0) is 26.2 Å². The van der Waals surface area contributed by atoms with E-state index < -0.39 is 27.8 Å². The Balaban J connectivity index is 1.65. The Kier molecular flexibility index (Phi) is 4.18. The summed E-state index contributed by atoms with van der Waals surface area (Å²) < 4.78 is 22.4. The molecule has 7 nitrogen and oxygen atoms in total. The normalized spacial score (nSPS) is 28.0. The Morgan fingerprint density at radius 3 is 2.25 bits per heavy atom. The van der Waals surface area contributed by atoms with Crippen LogP contribution in [-0.4, -0.2) is 25.4 Å². The van der Waals surface area contributed by atoms with Gasteiger partial charge in [-0.15, -0.1) is 0 Å². The molecule has 24 heavy (non-hydrogen) atoms. The zero-order chi connectivity index (χ0) is 17.5. The van der Waals surface area contributed by atoms with E-state index in [1.54, 1.807) is 12.1 Å². The number of aliphatic carboxylic acids is 1. The summed E-state index contributed by atoms with van der Waals surface area (Å²) in [6, 6.07) is 5.87. The monoisotopic (exact) mass is 350 g/mol. The van der Waals surface area contributed by atoms with Crippen molar-refractivity contribution in [1.29, 1.82) is 0 Å². The average Bonchev–Trinajstić information content (AvgIpc) is 3.13. The number of benzene rings is 1. The van der Waals surface area contributed by atoms with Crippen LogP contribution >= 0.6 is 0 Å². The van der Waals surface area contributed by atoms with E-state index in [1.807, 2.05) is 12.2 Å². The summed E-state index contributed by atoms with van der Waals surface area (Å²) in [4.78, 5) is 23.9. The van der Waals surface area contributed by atoms with Crippen LogP contribution in [0, 0.1) is 23.7 Å². The molecule has 128 valence electrons. The van der Waals surface area contributed by atoms with Crippen LogP contribution in [0.2, 0.25) is 0 Å². The van der Waals surface area contributed by atoms with Gasteiger partial charge in [-0.05, 0) is 36.0 Å². The van der Waals surface area contributed by atoms with Crippen LogP contribution in [0.3, 0.4) is 0 Å². The Hall–Kier alpha value is -2.19.